The van der Waals surface area contributed by atoms with Gasteiger partial charge in [0, 0.05) is 35.8 Å². The van der Waals surface area contributed by atoms with Crippen molar-refractivity contribution in [2.45, 2.75) is 23.7 Å². The molecule has 2 aromatic heterocycles. The van der Waals surface area contributed by atoms with Gasteiger partial charge in [-0.1, -0.05) is 17.8 Å². The molecular weight excluding hydrogens is 447 g/mol. The molecule has 2 heterocycles. The molecular formula is C14H21IN4S3. The molecule has 0 aliphatic rings. The Labute approximate surface area is 161 Å². The van der Waals surface area contributed by atoms with Gasteiger partial charge in [0.25, 0.3) is 0 Å². The fourth-order valence-corrected chi connectivity index (χ4v) is 4.11. The summed E-state index contributed by atoms with van der Waals surface area (Å²) in [6.45, 7) is 3.06. The molecule has 0 aliphatic heterocycles. The van der Waals surface area contributed by atoms with E-state index in [4.69, 9.17) is 0 Å². The van der Waals surface area contributed by atoms with Crippen LogP contribution in [-0.2, 0) is 0 Å². The Bertz CT molecular complexity index is 528. The average molecular weight is 468 g/mol. The number of thiophene rings is 1. The summed E-state index contributed by atoms with van der Waals surface area (Å²) < 4.78 is 1.14. The van der Waals surface area contributed by atoms with Gasteiger partial charge in [-0.05, 0) is 24.8 Å². The Kier molecular flexibility index (Phi) is 10.1. The number of nitrogens with zero attached hydrogens (tertiary/aromatic N) is 2. The van der Waals surface area contributed by atoms with E-state index in [0.29, 0.717) is 0 Å². The molecule has 0 saturated heterocycles. The number of thiazole rings is 1. The zero-order valence-corrected chi connectivity index (χ0v) is 17.4. The van der Waals surface area contributed by atoms with Gasteiger partial charge in [-0.15, -0.1) is 46.7 Å². The minimum Gasteiger partial charge on any atom is -0.356 e. The summed E-state index contributed by atoms with van der Waals surface area (Å²) in [5.74, 6) is 1.92. The molecule has 0 amide bonds. The van der Waals surface area contributed by atoms with Crippen molar-refractivity contribution < 1.29 is 0 Å². The summed E-state index contributed by atoms with van der Waals surface area (Å²) >= 11 is 5.26. The molecule has 0 radical (unpaired) electrons. The zero-order chi connectivity index (χ0) is 14.9. The Morgan fingerprint density at radius 3 is 2.91 bits per heavy atom. The smallest absolute Gasteiger partial charge is 0.191 e. The normalized spacial score (nSPS) is 12.5. The zero-order valence-electron chi connectivity index (χ0n) is 12.6. The quantitative estimate of drug-likeness (QED) is 0.210. The van der Waals surface area contributed by atoms with Crippen molar-refractivity contribution in [3.8, 4) is 0 Å². The first kappa shape index (κ1) is 19.7. The summed E-state index contributed by atoms with van der Waals surface area (Å²) in [7, 11) is 1.81. The molecule has 122 valence electrons. The lowest BCUT2D eigenvalue weighted by Gasteiger charge is -2.16. The highest BCUT2D eigenvalue weighted by Crippen LogP contribution is 2.20. The van der Waals surface area contributed by atoms with Gasteiger partial charge in [-0.3, -0.25) is 4.99 Å². The van der Waals surface area contributed by atoms with Crippen LogP contribution in [0.2, 0.25) is 0 Å². The van der Waals surface area contributed by atoms with Crippen LogP contribution in [0, 0.1) is 0 Å². The number of halogens is 1. The van der Waals surface area contributed by atoms with E-state index in [1.54, 1.807) is 29.7 Å². The van der Waals surface area contributed by atoms with Crippen LogP contribution in [0.5, 0.6) is 0 Å². The molecule has 0 saturated carbocycles. The maximum Gasteiger partial charge on any atom is 0.191 e. The lowest BCUT2D eigenvalue weighted by molar-refractivity contribution is 0.693. The van der Waals surface area contributed by atoms with E-state index in [1.165, 1.54) is 4.88 Å². The summed E-state index contributed by atoms with van der Waals surface area (Å²) in [4.78, 5) is 9.84. The topological polar surface area (TPSA) is 49.3 Å². The Balaban J connectivity index is 0.00000242. The number of thioether (sulfide) groups is 1. The lowest BCUT2D eigenvalue weighted by atomic mass is 10.3. The van der Waals surface area contributed by atoms with Crippen molar-refractivity contribution in [1.29, 1.82) is 0 Å². The second-order valence-corrected chi connectivity index (χ2v) is 7.60. The molecule has 2 aromatic rings. The molecule has 0 spiro atoms. The van der Waals surface area contributed by atoms with E-state index in [2.05, 4.69) is 45.0 Å². The second-order valence-electron chi connectivity index (χ2n) is 4.38. The summed E-state index contributed by atoms with van der Waals surface area (Å²) in [5, 5.41) is 10.9. The highest BCUT2D eigenvalue weighted by molar-refractivity contribution is 14.0. The van der Waals surface area contributed by atoms with Crippen molar-refractivity contribution in [3.63, 3.8) is 0 Å². The van der Waals surface area contributed by atoms with E-state index >= 15 is 0 Å². The van der Waals surface area contributed by atoms with Crippen LogP contribution >= 0.6 is 58.4 Å². The maximum absolute atomic E-state index is 4.27. The molecule has 22 heavy (non-hydrogen) atoms. The number of aliphatic imine (C=N–C) groups is 1. The van der Waals surface area contributed by atoms with Crippen molar-refractivity contribution >= 4 is 64.4 Å². The first-order chi connectivity index (χ1) is 10.3. The summed E-state index contributed by atoms with van der Waals surface area (Å²) in [6.07, 6.45) is 2.93. The fraction of sp³-hybridized carbons (Fsp3) is 0.429. The van der Waals surface area contributed by atoms with Crippen LogP contribution in [0.3, 0.4) is 0 Å². The van der Waals surface area contributed by atoms with Crippen molar-refractivity contribution in [2.24, 2.45) is 4.99 Å². The van der Waals surface area contributed by atoms with Crippen LogP contribution < -0.4 is 10.6 Å². The number of guanidine groups is 1. The molecule has 4 nitrogen and oxygen atoms in total. The predicted molar refractivity (Wildman–Crippen MR) is 110 cm³/mol. The minimum atomic E-state index is 0. The first-order valence-electron chi connectivity index (χ1n) is 6.82. The first-order valence-corrected chi connectivity index (χ1v) is 9.57. The van der Waals surface area contributed by atoms with Gasteiger partial charge in [0.05, 0.1) is 6.04 Å². The largest absolute Gasteiger partial charge is 0.356 e. The van der Waals surface area contributed by atoms with Crippen molar-refractivity contribution in [1.82, 2.24) is 15.6 Å². The van der Waals surface area contributed by atoms with Crippen LogP contribution in [0.15, 0.2) is 38.4 Å². The van der Waals surface area contributed by atoms with Gasteiger partial charge < -0.3 is 10.6 Å². The molecule has 0 bridgehead atoms. The van der Waals surface area contributed by atoms with Crippen LogP contribution in [0.4, 0.5) is 0 Å². The standard InChI is InChI=1S/C14H20N4S3.HI/c1-11(12-5-3-8-19-12)18-13(15-2)16-6-4-9-20-14-17-7-10-21-14;/h3,5,7-8,10-11H,4,6,9H2,1-2H3,(H2,15,16,18);1H. The highest BCUT2D eigenvalue weighted by Gasteiger charge is 2.08. The van der Waals surface area contributed by atoms with Crippen molar-refractivity contribution in [3.05, 3.63) is 34.0 Å². The predicted octanol–water partition coefficient (Wildman–Crippen LogP) is 4.23. The van der Waals surface area contributed by atoms with E-state index in [0.717, 1.165) is 29.0 Å². The van der Waals surface area contributed by atoms with Crippen LogP contribution in [0.25, 0.3) is 0 Å². The van der Waals surface area contributed by atoms with Crippen LogP contribution in [0.1, 0.15) is 24.3 Å². The van der Waals surface area contributed by atoms with Gasteiger partial charge in [-0.25, -0.2) is 4.98 Å². The Morgan fingerprint density at radius 2 is 2.27 bits per heavy atom. The molecule has 0 aliphatic carbocycles. The number of nitrogens with one attached hydrogen (secondary N) is 2. The van der Waals surface area contributed by atoms with E-state index < -0.39 is 0 Å². The third-order valence-electron chi connectivity index (χ3n) is 2.80. The van der Waals surface area contributed by atoms with Crippen LogP contribution in [-0.4, -0.2) is 30.3 Å². The van der Waals surface area contributed by atoms with Gasteiger partial charge in [0.1, 0.15) is 4.34 Å². The third kappa shape index (κ3) is 6.84. The lowest BCUT2D eigenvalue weighted by Crippen LogP contribution is -2.39. The van der Waals surface area contributed by atoms with E-state index in [9.17, 15) is 0 Å². The minimum absolute atomic E-state index is 0. The number of rotatable bonds is 7. The molecule has 2 rings (SSSR count). The summed E-state index contributed by atoms with van der Waals surface area (Å²) in [6, 6.07) is 4.49. The SMILES string of the molecule is CN=C(NCCCSc1nccs1)NC(C)c1cccs1.I. The molecule has 1 atom stereocenters. The van der Waals surface area contributed by atoms with Gasteiger partial charge in [-0.2, -0.15) is 0 Å². The summed E-state index contributed by atoms with van der Waals surface area (Å²) in [5.41, 5.74) is 0. The van der Waals surface area contributed by atoms with Crippen molar-refractivity contribution in [2.75, 3.05) is 19.3 Å². The number of aromatic nitrogens is 1. The van der Waals surface area contributed by atoms with Gasteiger partial charge in [0.15, 0.2) is 5.96 Å². The Morgan fingerprint density at radius 1 is 1.41 bits per heavy atom. The number of hydrogen-bond donors (Lipinski definition) is 2. The Hall–Kier alpha value is -0.320. The number of hydrogen-bond acceptors (Lipinski definition) is 5. The highest BCUT2D eigenvalue weighted by atomic mass is 127. The second kappa shape index (κ2) is 11.3. The van der Waals surface area contributed by atoms with Gasteiger partial charge >= 0.3 is 0 Å². The molecule has 1 unspecified atom stereocenters. The molecule has 8 heteroatoms. The fourth-order valence-electron chi connectivity index (χ4n) is 1.73. The maximum atomic E-state index is 4.27. The van der Waals surface area contributed by atoms with Gasteiger partial charge in [0.2, 0.25) is 0 Å². The molecule has 0 fully saturated rings. The van der Waals surface area contributed by atoms with E-state index in [-0.39, 0.29) is 30.0 Å². The molecule has 2 N–H and O–H groups in total. The average Bonchev–Trinajstić information content (AvgIpc) is 3.18. The van der Waals surface area contributed by atoms with E-state index in [1.807, 2.05) is 23.3 Å². The third-order valence-corrected chi connectivity index (χ3v) is 5.90. The molecule has 0 aromatic carbocycles. The monoisotopic (exact) mass is 468 g/mol.